The molecule has 1 aromatic heterocycles. The largest absolute Gasteiger partial charge is 0.326 e. The van der Waals surface area contributed by atoms with Gasteiger partial charge in [0.25, 0.3) is 0 Å². The van der Waals surface area contributed by atoms with Gasteiger partial charge in [0, 0.05) is 18.2 Å². The molecule has 0 saturated heterocycles. The topological polar surface area (TPSA) is 76.9 Å². The summed E-state index contributed by atoms with van der Waals surface area (Å²) < 4.78 is 1.80. The number of hydrogen-bond acceptors (Lipinski definition) is 5. The van der Waals surface area contributed by atoms with Crippen molar-refractivity contribution in [3.8, 4) is 5.69 Å². The fourth-order valence-corrected chi connectivity index (χ4v) is 3.49. The van der Waals surface area contributed by atoms with E-state index in [2.05, 4.69) is 15.5 Å². The zero-order valence-electron chi connectivity index (χ0n) is 15.4. The van der Waals surface area contributed by atoms with Crippen LogP contribution in [0.4, 0.5) is 5.69 Å². The molecule has 3 rings (SSSR count). The van der Waals surface area contributed by atoms with Crippen molar-refractivity contribution in [2.24, 2.45) is 0 Å². The van der Waals surface area contributed by atoms with Gasteiger partial charge in [-0.05, 0) is 43.7 Å². The summed E-state index contributed by atoms with van der Waals surface area (Å²) in [5, 5.41) is 11.5. The Hall–Kier alpha value is -2.93. The SMILES string of the molecule is CC(=O)Nc1cccc(-n2cnnc2SCC(=O)c2cc(C)ccc2C)c1. The minimum absolute atomic E-state index is 0.0581. The van der Waals surface area contributed by atoms with Gasteiger partial charge in [-0.2, -0.15) is 0 Å². The lowest BCUT2D eigenvalue weighted by atomic mass is 10.0. The van der Waals surface area contributed by atoms with Crippen LogP contribution in [0.2, 0.25) is 0 Å². The Morgan fingerprint density at radius 3 is 2.74 bits per heavy atom. The standard InChI is InChI=1S/C20H20N4O2S/c1-13-7-8-14(2)18(9-13)19(26)11-27-20-23-21-12-24(20)17-6-4-5-16(10-17)22-15(3)25/h4-10,12H,11H2,1-3H3,(H,22,25). The Labute approximate surface area is 162 Å². The third kappa shape index (κ3) is 4.62. The first-order chi connectivity index (χ1) is 12.9. The molecule has 3 aromatic rings. The highest BCUT2D eigenvalue weighted by Gasteiger charge is 2.14. The van der Waals surface area contributed by atoms with Gasteiger partial charge in [0.05, 0.1) is 11.4 Å². The molecule has 0 aliphatic carbocycles. The molecule has 1 N–H and O–H groups in total. The summed E-state index contributed by atoms with van der Waals surface area (Å²) in [6.07, 6.45) is 1.59. The molecule has 0 atom stereocenters. The first kappa shape index (κ1) is 18.8. The van der Waals surface area contributed by atoms with Gasteiger partial charge in [0.1, 0.15) is 6.33 Å². The minimum atomic E-state index is -0.135. The van der Waals surface area contributed by atoms with Crippen LogP contribution in [0.25, 0.3) is 5.69 Å². The molecule has 0 fully saturated rings. The monoisotopic (exact) mass is 380 g/mol. The number of hydrogen-bond donors (Lipinski definition) is 1. The fraction of sp³-hybridized carbons (Fsp3) is 0.200. The Morgan fingerprint density at radius 1 is 1.15 bits per heavy atom. The lowest BCUT2D eigenvalue weighted by Gasteiger charge is -2.09. The van der Waals surface area contributed by atoms with Crippen molar-refractivity contribution in [1.29, 1.82) is 0 Å². The summed E-state index contributed by atoms with van der Waals surface area (Å²) in [6, 6.07) is 13.3. The van der Waals surface area contributed by atoms with E-state index >= 15 is 0 Å². The lowest BCUT2D eigenvalue weighted by molar-refractivity contribution is -0.114. The third-order valence-electron chi connectivity index (χ3n) is 3.99. The van der Waals surface area contributed by atoms with Crippen molar-refractivity contribution in [2.45, 2.75) is 25.9 Å². The van der Waals surface area contributed by atoms with Gasteiger partial charge in [0.2, 0.25) is 5.91 Å². The van der Waals surface area contributed by atoms with Crippen molar-refractivity contribution in [3.63, 3.8) is 0 Å². The van der Waals surface area contributed by atoms with Crippen LogP contribution in [0.15, 0.2) is 53.9 Å². The summed E-state index contributed by atoms with van der Waals surface area (Å²) in [4.78, 5) is 23.9. The summed E-state index contributed by atoms with van der Waals surface area (Å²) in [7, 11) is 0. The van der Waals surface area contributed by atoms with E-state index in [1.807, 2.05) is 56.3 Å². The molecule has 138 valence electrons. The van der Waals surface area contributed by atoms with Crippen LogP contribution in [0.1, 0.15) is 28.4 Å². The number of amides is 1. The number of nitrogens with one attached hydrogen (secondary N) is 1. The first-order valence-electron chi connectivity index (χ1n) is 8.45. The molecular weight excluding hydrogens is 360 g/mol. The van der Waals surface area contributed by atoms with E-state index in [1.165, 1.54) is 18.7 Å². The number of carbonyl (C=O) groups is 2. The second kappa shape index (κ2) is 8.18. The van der Waals surface area contributed by atoms with E-state index in [9.17, 15) is 9.59 Å². The van der Waals surface area contributed by atoms with Crippen molar-refractivity contribution in [1.82, 2.24) is 14.8 Å². The number of nitrogens with zero attached hydrogens (tertiary/aromatic N) is 3. The number of aromatic nitrogens is 3. The molecule has 6 nitrogen and oxygen atoms in total. The Bertz CT molecular complexity index is 997. The Morgan fingerprint density at radius 2 is 1.96 bits per heavy atom. The van der Waals surface area contributed by atoms with E-state index in [-0.39, 0.29) is 17.4 Å². The molecule has 2 aromatic carbocycles. The van der Waals surface area contributed by atoms with Crippen molar-refractivity contribution >= 4 is 29.1 Å². The number of thioether (sulfide) groups is 1. The van der Waals surface area contributed by atoms with E-state index in [0.717, 1.165) is 22.4 Å². The van der Waals surface area contributed by atoms with E-state index in [4.69, 9.17) is 0 Å². The summed E-state index contributed by atoms with van der Waals surface area (Å²) in [5.74, 6) is 0.196. The number of Topliss-reactive ketones (excluding diaryl/α,β-unsaturated/α-hetero) is 1. The van der Waals surface area contributed by atoms with E-state index in [1.54, 1.807) is 10.9 Å². The number of rotatable bonds is 6. The zero-order valence-corrected chi connectivity index (χ0v) is 16.2. The highest BCUT2D eigenvalue weighted by Crippen LogP contribution is 2.23. The van der Waals surface area contributed by atoms with Crippen LogP contribution in [-0.4, -0.2) is 32.2 Å². The lowest BCUT2D eigenvalue weighted by Crippen LogP contribution is -2.07. The van der Waals surface area contributed by atoms with Crippen LogP contribution in [0.3, 0.4) is 0 Å². The molecule has 0 saturated carbocycles. The van der Waals surface area contributed by atoms with Crippen LogP contribution in [0, 0.1) is 13.8 Å². The van der Waals surface area contributed by atoms with Gasteiger partial charge in [-0.25, -0.2) is 0 Å². The van der Waals surface area contributed by atoms with Gasteiger partial charge in [-0.15, -0.1) is 10.2 Å². The molecular formula is C20H20N4O2S. The molecule has 0 spiro atoms. The maximum absolute atomic E-state index is 12.6. The Balaban J connectivity index is 1.77. The first-order valence-corrected chi connectivity index (χ1v) is 9.44. The number of aryl methyl sites for hydroxylation is 2. The number of ketones is 1. The van der Waals surface area contributed by atoms with E-state index < -0.39 is 0 Å². The van der Waals surface area contributed by atoms with Gasteiger partial charge < -0.3 is 5.32 Å². The molecule has 1 amide bonds. The maximum atomic E-state index is 12.6. The molecule has 27 heavy (non-hydrogen) atoms. The maximum Gasteiger partial charge on any atom is 0.221 e. The summed E-state index contributed by atoms with van der Waals surface area (Å²) in [5.41, 5.74) is 4.27. The second-order valence-electron chi connectivity index (χ2n) is 6.25. The molecule has 0 radical (unpaired) electrons. The molecule has 0 aliphatic rings. The molecule has 0 aliphatic heterocycles. The average Bonchev–Trinajstić information content (AvgIpc) is 3.10. The van der Waals surface area contributed by atoms with Gasteiger partial charge in [0.15, 0.2) is 10.9 Å². The smallest absolute Gasteiger partial charge is 0.221 e. The molecule has 0 bridgehead atoms. The van der Waals surface area contributed by atoms with Crippen LogP contribution in [-0.2, 0) is 4.79 Å². The van der Waals surface area contributed by atoms with Crippen molar-refractivity contribution in [3.05, 3.63) is 65.5 Å². The predicted molar refractivity (Wildman–Crippen MR) is 107 cm³/mol. The van der Waals surface area contributed by atoms with Crippen LogP contribution >= 0.6 is 11.8 Å². The average molecular weight is 380 g/mol. The summed E-state index contributed by atoms with van der Waals surface area (Å²) >= 11 is 1.34. The number of benzene rings is 2. The van der Waals surface area contributed by atoms with Gasteiger partial charge >= 0.3 is 0 Å². The third-order valence-corrected chi connectivity index (χ3v) is 4.93. The molecule has 0 unspecified atom stereocenters. The van der Waals surface area contributed by atoms with Crippen molar-refractivity contribution in [2.75, 3.05) is 11.1 Å². The van der Waals surface area contributed by atoms with Crippen molar-refractivity contribution < 1.29 is 9.59 Å². The van der Waals surface area contributed by atoms with E-state index in [0.29, 0.717) is 10.8 Å². The van der Waals surface area contributed by atoms with Crippen LogP contribution in [0.5, 0.6) is 0 Å². The van der Waals surface area contributed by atoms with Gasteiger partial charge in [-0.3, -0.25) is 14.2 Å². The summed E-state index contributed by atoms with van der Waals surface area (Å²) in [6.45, 7) is 5.38. The highest BCUT2D eigenvalue weighted by atomic mass is 32.2. The van der Waals surface area contributed by atoms with Crippen LogP contribution < -0.4 is 5.32 Å². The number of anilines is 1. The molecule has 7 heteroatoms. The quantitative estimate of drug-likeness (QED) is 0.520. The zero-order chi connectivity index (χ0) is 19.4. The molecule has 1 heterocycles. The highest BCUT2D eigenvalue weighted by molar-refractivity contribution is 7.99. The normalized spacial score (nSPS) is 10.6. The van der Waals surface area contributed by atoms with Gasteiger partial charge in [-0.1, -0.05) is 35.5 Å². The fourth-order valence-electron chi connectivity index (χ4n) is 2.68. The number of carbonyl (C=O) groups excluding carboxylic acids is 2. The Kier molecular flexibility index (Phi) is 5.71. The predicted octanol–water partition coefficient (Wildman–Crippen LogP) is 3.82. The minimum Gasteiger partial charge on any atom is -0.326 e. The second-order valence-corrected chi connectivity index (χ2v) is 7.19.